The molecule has 5 atom stereocenters. The van der Waals surface area contributed by atoms with Crippen molar-refractivity contribution in [3.8, 4) is 0 Å². The van der Waals surface area contributed by atoms with Gasteiger partial charge in [0.05, 0.1) is 12.5 Å². The van der Waals surface area contributed by atoms with Crippen LogP contribution in [0.25, 0.3) is 0 Å². The minimum absolute atomic E-state index is 0.0764. The highest BCUT2D eigenvalue weighted by Gasteiger charge is 2.50. The molecule has 4 fully saturated rings. The third kappa shape index (κ3) is 1.48. The predicted octanol–water partition coefficient (Wildman–Crippen LogP) is 1.14. The Morgan fingerprint density at radius 2 is 1.93 bits per heavy atom. The standard InChI is InChI=1S/C12H19NO2/c1-2-15-12(14)11-9-3-8-4-10(11)7-13(5-8)6-9/h8-11H,2-7H2,1H3/t8?,9-,10+,11?. The Morgan fingerprint density at radius 1 is 1.27 bits per heavy atom. The first-order chi connectivity index (χ1) is 7.28. The molecule has 4 bridgehead atoms. The third-order valence-corrected chi connectivity index (χ3v) is 4.35. The first kappa shape index (κ1) is 9.64. The average molecular weight is 209 g/mol. The van der Waals surface area contributed by atoms with Crippen LogP contribution in [0.2, 0.25) is 0 Å². The highest BCUT2D eigenvalue weighted by molar-refractivity contribution is 5.73. The lowest BCUT2D eigenvalue weighted by Gasteiger charge is -2.54. The van der Waals surface area contributed by atoms with E-state index >= 15 is 0 Å². The van der Waals surface area contributed by atoms with E-state index in [1.807, 2.05) is 6.92 Å². The average Bonchev–Trinajstić information content (AvgIpc) is 2.15. The van der Waals surface area contributed by atoms with Crippen molar-refractivity contribution < 1.29 is 9.53 Å². The highest BCUT2D eigenvalue weighted by Crippen LogP contribution is 2.47. The van der Waals surface area contributed by atoms with Gasteiger partial charge in [-0.1, -0.05) is 0 Å². The molecule has 1 aliphatic carbocycles. The van der Waals surface area contributed by atoms with E-state index in [0.29, 0.717) is 18.4 Å². The van der Waals surface area contributed by atoms with Gasteiger partial charge in [-0.3, -0.25) is 4.79 Å². The van der Waals surface area contributed by atoms with Crippen LogP contribution in [0.5, 0.6) is 0 Å². The number of carbonyl (C=O) groups is 1. The second kappa shape index (κ2) is 3.48. The number of piperidine rings is 3. The fourth-order valence-corrected chi connectivity index (χ4v) is 4.03. The van der Waals surface area contributed by atoms with Crippen LogP contribution in [-0.4, -0.2) is 37.1 Å². The molecule has 4 rings (SSSR count). The fraction of sp³-hybridized carbons (Fsp3) is 0.917. The maximum absolute atomic E-state index is 11.9. The lowest BCUT2D eigenvalue weighted by molar-refractivity contribution is -0.164. The summed E-state index contributed by atoms with van der Waals surface area (Å²) in [4.78, 5) is 14.4. The van der Waals surface area contributed by atoms with Gasteiger partial charge in [0.2, 0.25) is 0 Å². The molecule has 3 aliphatic heterocycles. The van der Waals surface area contributed by atoms with Crippen molar-refractivity contribution in [2.45, 2.75) is 19.8 Å². The van der Waals surface area contributed by atoms with Crippen LogP contribution in [-0.2, 0) is 9.53 Å². The molecule has 0 spiro atoms. The number of ether oxygens (including phenoxy) is 1. The second-order valence-electron chi connectivity index (χ2n) is 5.35. The van der Waals surface area contributed by atoms with E-state index in [2.05, 4.69) is 4.90 Å². The SMILES string of the molecule is CCOC(=O)C1[C@@H]2CC3C[C@H]1CN(C3)C2. The Balaban J connectivity index is 1.77. The van der Waals surface area contributed by atoms with Gasteiger partial charge >= 0.3 is 5.97 Å². The molecule has 3 heterocycles. The summed E-state index contributed by atoms with van der Waals surface area (Å²) < 4.78 is 5.21. The Hall–Kier alpha value is -0.570. The van der Waals surface area contributed by atoms with Crippen molar-refractivity contribution in [3.05, 3.63) is 0 Å². The van der Waals surface area contributed by atoms with Crippen molar-refractivity contribution >= 4 is 5.97 Å². The molecule has 3 nitrogen and oxygen atoms in total. The molecule has 4 aliphatic rings. The van der Waals surface area contributed by atoms with E-state index in [0.717, 1.165) is 19.0 Å². The normalized spacial score (nSPS) is 46.9. The zero-order valence-electron chi connectivity index (χ0n) is 9.32. The number of nitrogens with zero attached hydrogens (tertiary/aromatic N) is 1. The number of esters is 1. The Bertz CT molecular complexity index is 249. The molecule has 3 heteroatoms. The smallest absolute Gasteiger partial charge is 0.309 e. The van der Waals surface area contributed by atoms with E-state index in [1.165, 1.54) is 19.4 Å². The fourth-order valence-electron chi connectivity index (χ4n) is 4.03. The summed E-state index contributed by atoms with van der Waals surface area (Å²) in [7, 11) is 0. The minimum atomic E-state index is 0.0764. The zero-order chi connectivity index (χ0) is 10.4. The van der Waals surface area contributed by atoms with Gasteiger partial charge in [-0.15, -0.1) is 0 Å². The summed E-state index contributed by atoms with van der Waals surface area (Å²) >= 11 is 0. The lowest BCUT2D eigenvalue weighted by atomic mass is 9.62. The van der Waals surface area contributed by atoms with Crippen LogP contribution in [0.4, 0.5) is 0 Å². The molecule has 3 unspecified atom stereocenters. The van der Waals surface area contributed by atoms with Gasteiger partial charge < -0.3 is 9.64 Å². The van der Waals surface area contributed by atoms with Gasteiger partial charge in [-0.25, -0.2) is 0 Å². The Labute approximate surface area is 90.8 Å². The predicted molar refractivity (Wildman–Crippen MR) is 56.3 cm³/mol. The molecule has 3 saturated heterocycles. The molecule has 1 saturated carbocycles. The van der Waals surface area contributed by atoms with E-state index in [1.54, 1.807) is 0 Å². The first-order valence-electron chi connectivity index (χ1n) is 6.17. The van der Waals surface area contributed by atoms with Crippen molar-refractivity contribution in [2.75, 3.05) is 26.2 Å². The van der Waals surface area contributed by atoms with Crippen molar-refractivity contribution in [1.29, 1.82) is 0 Å². The van der Waals surface area contributed by atoms with E-state index in [-0.39, 0.29) is 11.9 Å². The van der Waals surface area contributed by atoms with Crippen LogP contribution >= 0.6 is 0 Å². The summed E-state index contributed by atoms with van der Waals surface area (Å²) in [6.45, 7) is 5.98. The van der Waals surface area contributed by atoms with Crippen molar-refractivity contribution in [3.63, 3.8) is 0 Å². The van der Waals surface area contributed by atoms with Crippen molar-refractivity contribution in [1.82, 2.24) is 4.90 Å². The molecule has 0 N–H and O–H groups in total. The van der Waals surface area contributed by atoms with Crippen LogP contribution in [0.3, 0.4) is 0 Å². The molecule has 84 valence electrons. The number of hydrogen-bond donors (Lipinski definition) is 0. The molecular formula is C12H19NO2. The topological polar surface area (TPSA) is 29.5 Å². The molecule has 0 amide bonds. The number of carbonyl (C=O) groups excluding carboxylic acids is 1. The van der Waals surface area contributed by atoms with Gasteiger partial charge in [0.25, 0.3) is 0 Å². The quantitative estimate of drug-likeness (QED) is 0.639. The van der Waals surface area contributed by atoms with Gasteiger partial charge in [0.1, 0.15) is 0 Å². The molecule has 0 aromatic carbocycles. The van der Waals surface area contributed by atoms with Gasteiger partial charge in [0.15, 0.2) is 0 Å². The van der Waals surface area contributed by atoms with E-state index < -0.39 is 0 Å². The van der Waals surface area contributed by atoms with Crippen LogP contribution < -0.4 is 0 Å². The first-order valence-corrected chi connectivity index (χ1v) is 6.17. The van der Waals surface area contributed by atoms with Gasteiger partial charge in [0, 0.05) is 19.6 Å². The molecular weight excluding hydrogens is 190 g/mol. The summed E-state index contributed by atoms with van der Waals surface area (Å²) in [6.07, 6.45) is 2.52. The van der Waals surface area contributed by atoms with Crippen LogP contribution in [0.1, 0.15) is 19.8 Å². The largest absolute Gasteiger partial charge is 0.466 e. The minimum Gasteiger partial charge on any atom is -0.466 e. The summed E-state index contributed by atoms with van der Waals surface area (Å²) in [6, 6.07) is 0. The van der Waals surface area contributed by atoms with E-state index in [9.17, 15) is 4.79 Å². The van der Waals surface area contributed by atoms with Crippen LogP contribution in [0, 0.1) is 23.7 Å². The van der Waals surface area contributed by atoms with Crippen LogP contribution in [0.15, 0.2) is 0 Å². The lowest BCUT2D eigenvalue weighted by Crippen LogP contribution is -2.59. The Kier molecular flexibility index (Phi) is 2.23. The van der Waals surface area contributed by atoms with Gasteiger partial charge in [-0.05, 0) is 37.5 Å². The summed E-state index contributed by atoms with van der Waals surface area (Å²) in [5.41, 5.74) is 0. The molecule has 0 aromatic rings. The second-order valence-corrected chi connectivity index (χ2v) is 5.35. The molecule has 0 aromatic heterocycles. The Morgan fingerprint density at radius 3 is 2.47 bits per heavy atom. The maximum atomic E-state index is 11.9. The molecule has 0 radical (unpaired) electrons. The molecule has 15 heavy (non-hydrogen) atoms. The number of hydrogen-bond acceptors (Lipinski definition) is 3. The third-order valence-electron chi connectivity index (χ3n) is 4.35. The zero-order valence-corrected chi connectivity index (χ0v) is 9.32. The van der Waals surface area contributed by atoms with Gasteiger partial charge in [-0.2, -0.15) is 0 Å². The summed E-state index contributed by atoms with van der Waals surface area (Å²) in [5.74, 6) is 2.35. The maximum Gasteiger partial charge on any atom is 0.309 e. The summed E-state index contributed by atoms with van der Waals surface area (Å²) in [5, 5.41) is 0. The number of rotatable bonds is 2. The monoisotopic (exact) mass is 209 g/mol. The highest BCUT2D eigenvalue weighted by atomic mass is 16.5. The van der Waals surface area contributed by atoms with E-state index in [4.69, 9.17) is 4.74 Å². The van der Waals surface area contributed by atoms with Crippen molar-refractivity contribution in [2.24, 2.45) is 23.7 Å².